The van der Waals surface area contributed by atoms with Gasteiger partial charge in [0.2, 0.25) is 0 Å². The number of alkyl halides is 3. The molecule has 0 radical (unpaired) electrons. The molecule has 2 aliphatic heterocycles. The Labute approximate surface area is 142 Å². The fourth-order valence-corrected chi connectivity index (χ4v) is 3.42. The standard InChI is InChI=1S/C15H19F3N6O/c16-15(17,18)12-7-13(24-14(21-12)19-10-20-24)23-4-2-22(3-5-23)8-11-1-6-25-9-11/h7,10-11H,1-6,8-9H2. The van der Waals surface area contributed by atoms with E-state index in [0.717, 1.165) is 45.3 Å². The van der Waals surface area contributed by atoms with Crippen molar-refractivity contribution in [3.8, 4) is 0 Å². The summed E-state index contributed by atoms with van der Waals surface area (Å²) in [5.41, 5.74) is -0.937. The Morgan fingerprint density at radius 1 is 1.20 bits per heavy atom. The Balaban J connectivity index is 1.51. The fourth-order valence-electron chi connectivity index (χ4n) is 3.42. The highest BCUT2D eigenvalue weighted by molar-refractivity contribution is 5.48. The summed E-state index contributed by atoms with van der Waals surface area (Å²) in [5.74, 6) is 0.917. The molecule has 0 spiro atoms. The van der Waals surface area contributed by atoms with E-state index in [1.807, 2.05) is 4.90 Å². The average molecular weight is 356 g/mol. The van der Waals surface area contributed by atoms with Crippen molar-refractivity contribution in [2.45, 2.75) is 12.6 Å². The average Bonchev–Trinajstić information content (AvgIpc) is 3.25. The van der Waals surface area contributed by atoms with Crippen molar-refractivity contribution < 1.29 is 17.9 Å². The van der Waals surface area contributed by atoms with Crippen molar-refractivity contribution in [1.82, 2.24) is 24.5 Å². The molecule has 4 rings (SSSR count). The first-order valence-corrected chi connectivity index (χ1v) is 8.34. The second-order valence-corrected chi connectivity index (χ2v) is 6.49. The molecule has 0 N–H and O–H groups in total. The molecule has 0 aromatic carbocycles. The molecule has 2 saturated heterocycles. The van der Waals surface area contributed by atoms with Gasteiger partial charge in [0.1, 0.15) is 12.1 Å². The van der Waals surface area contributed by atoms with Gasteiger partial charge < -0.3 is 9.64 Å². The third-order valence-corrected chi connectivity index (χ3v) is 4.76. The predicted molar refractivity (Wildman–Crippen MR) is 83.4 cm³/mol. The third-order valence-electron chi connectivity index (χ3n) is 4.76. The van der Waals surface area contributed by atoms with Gasteiger partial charge in [-0.15, -0.1) is 0 Å². The largest absolute Gasteiger partial charge is 0.433 e. The van der Waals surface area contributed by atoms with Crippen LogP contribution in [0.5, 0.6) is 0 Å². The van der Waals surface area contributed by atoms with Crippen molar-refractivity contribution in [1.29, 1.82) is 0 Å². The summed E-state index contributed by atoms with van der Waals surface area (Å²) in [4.78, 5) is 11.6. The van der Waals surface area contributed by atoms with Crippen LogP contribution < -0.4 is 4.90 Å². The molecule has 4 heterocycles. The number of aromatic nitrogens is 4. The van der Waals surface area contributed by atoms with Gasteiger partial charge in [0.15, 0.2) is 5.69 Å². The maximum absolute atomic E-state index is 13.1. The van der Waals surface area contributed by atoms with E-state index in [0.29, 0.717) is 24.8 Å². The molecular weight excluding hydrogens is 337 g/mol. The summed E-state index contributed by atoms with van der Waals surface area (Å²) in [6.45, 7) is 5.50. The van der Waals surface area contributed by atoms with Crippen LogP contribution in [0.2, 0.25) is 0 Å². The zero-order chi connectivity index (χ0) is 17.4. The molecule has 2 fully saturated rings. The lowest BCUT2D eigenvalue weighted by Gasteiger charge is -2.36. The number of piperazine rings is 1. The molecule has 0 saturated carbocycles. The van der Waals surface area contributed by atoms with E-state index >= 15 is 0 Å². The number of rotatable bonds is 3. The summed E-state index contributed by atoms with van der Waals surface area (Å²) in [7, 11) is 0. The molecule has 2 aromatic rings. The van der Waals surface area contributed by atoms with Gasteiger partial charge in [-0.25, -0.2) is 4.98 Å². The van der Waals surface area contributed by atoms with Crippen molar-refractivity contribution in [3.63, 3.8) is 0 Å². The van der Waals surface area contributed by atoms with Gasteiger partial charge in [0.05, 0.1) is 6.61 Å². The van der Waals surface area contributed by atoms with Crippen LogP contribution in [0, 0.1) is 5.92 Å². The van der Waals surface area contributed by atoms with E-state index in [1.165, 1.54) is 10.8 Å². The molecule has 0 amide bonds. The van der Waals surface area contributed by atoms with Crippen molar-refractivity contribution in [3.05, 3.63) is 18.1 Å². The Morgan fingerprint density at radius 2 is 2.00 bits per heavy atom. The fraction of sp³-hybridized carbons (Fsp3) is 0.667. The van der Waals surface area contributed by atoms with Gasteiger partial charge in [0, 0.05) is 45.4 Å². The molecule has 0 aliphatic carbocycles. The molecular formula is C15H19F3N6O. The number of anilines is 1. The Morgan fingerprint density at radius 3 is 2.68 bits per heavy atom. The van der Waals surface area contributed by atoms with Crippen LogP contribution in [-0.2, 0) is 10.9 Å². The lowest BCUT2D eigenvalue weighted by molar-refractivity contribution is -0.141. The Bertz CT molecular complexity index is 734. The Kier molecular flexibility index (Phi) is 4.24. The molecule has 25 heavy (non-hydrogen) atoms. The van der Waals surface area contributed by atoms with Gasteiger partial charge in [-0.3, -0.25) is 4.90 Å². The number of hydrogen-bond donors (Lipinski definition) is 0. The maximum Gasteiger partial charge on any atom is 0.433 e. The van der Waals surface area contributed by atoms with Crippen LogP contribution in [-0.4, -0.2) is 70.4 Å². The van der Waals surface area contributed by atoms with Gasteiger partial charge in [-0.1, -0.05) is 0 Å². The van der Waals surface area contributed by atoms with E-state index in [-0.39, 0.29) is 5.78 Å². The zero-order valence-corrected chi connectivity index (χ0v) is 13.6. The Hall–Kier alpha value is -1.94. The summed E-state index contributed by atoms with van der Waals surface area (Å²) < 4.78 is 46.1. The lowest BCUT2D eigenvalue weighted by Crippen LogP contribution is -2.48. The van der Waals surface area contributed by atoms with Crippen LogP contribution >= 0.6 is 0 Å². The van der Waals surface area contributed by atoms with Gasteiger partial charge in [-0.05, 0) is 12.3 Å². The molecule has 2 aromatic heterocycles. The monoisotopic (exact) mass is 356 g/mol. The van der Waals surface area contributed by atoms with Gasteiger partial charge in [0.25, 0.3) is 5.78 Å². The van der Waals surface area contributed by atoms with E-state index in [4.69, 9.17) is 4.74 Å². The van der Waals surface area contributed by atoms with E-state index in [1.54, 1.807) is 0 Å². The third kappa shape index (κ3) is 3.40. The molecule has 0 bridgehead atoms. The van der Waals surface area contributed by atoms with Crippen LogP contribution in [0.4, 0.5) is 19.0 Å². The molecule has 1 atom stereocenters. The molecule has 1 unspecified atom stereocenters. The number of fused-ring (bicyclic) bond motifs is 1. The van der Waals surface area contributed by atoms with Crippen molar-refractivity contribution >= 4 is 11.6 Å². The normalized spacial score (nSPS) is 22.8. The quantitative estimate of drug-likeness (QED) is 0.826. The van der Waals surface area contributed by atoms with E-state index < -0.39 is 11.9 Å². The van der Waals surface area contributed by atoms with Crippen LogP contribution in [0.3, 0.4) is 0 Å². The lowest BCUT2D eigenvalue weighted by atomic mass is 10.1. The second kappa shape index (κ2) is 6.41. The van der Waals surface area contributed by atoms with Crippen LogP contribution in [0.25, 0.3) is 5.78 Å². The minimum absolute atomic E-state index is 0.0321. The summed E-state index contributed by atoms with van der Waals surface area (Å²) in [6.07, 6.45) is -2.20. The number of hydrogen-bond acceptors (Lipinski definition) is 6. The first-order chi connectivity index (χ1) is 12.0. The SMILES string of the molecule is FC(F)(F)c1cc(N2CCN(CC3CCOC3)CC2)n2ncnc2n1. The predicted octanol–water partition coefficient (Wildman–Crippen LogP) is 1.30. The second-order valence-electron chi connectivity index (χ2n) is 6.49. The number of nitrogens with zero attached hydrogens (tertiary/aromatic N) is 6. The van der Waals surface area contributed by atoms with Gasteiger partial charge >= 0.3 is 6.18 Å². The summed E-state index contributed by atoms with van der Waals surface area (Å²) >= 11 is 0. The van der Waals surface area contributed by atoms with Crippen molar-refractivity contribution in [2.75, 3.05) is 50.8 Å². The number of halogens is 3. The molecule has 7 nitrogen and oxygen atoms in total. The minimum atomic E-state index is -4.51. The molecule has 2 aliphatic rings. The first-order valence-electron chi connectivity index (χ1n) is 8.34. The van der Waals surface area contributed by atoms with Crippen LogP contribution in [0.1, 0.15) is 12.1 Å². The maximum atomic E-state index is 13.1. The van der Waals surface area contributed by atoms with Gasteiger partial charge in [-0.2, -0.15) is 27.8 Å². The topological polar surface area (TPSA) is 58.8 Å². The number of ether oxygens (including phenoxy) is 1. The van der Waals surface area contributed by atoms with E-state index in [9.17, 15) is 13.2 Å². The minimum Gasteiger partial charge on any atom is -0.381 e. The highest BCUT2D eigenvalue weighted by Crippen LogP contribution is 2.31. The highest BCUT2D eigenvalue weighted by Gasteiger charge is 2.35. The zero-order valence-electron chi connectivity index (χ0n) is 13.6. The van der Waals surface area contributed by atoms with Crippen LogP contribution in [0.15, 0.2) is 12.4 Å². The van der Waals surface area contributed by atoms with E-state index in [2.05, 4.69) is 20.0 Å². The summed E-state index contributed by atoms with van der Waals surface area (Å²) in [6, 6.07) is 1.06. The highest BCUT2D eigenvalue weighted by atomic mass is 19.4. The summed E-state index contributed by atoms with van der Waals surface area (Å²) in [5, 5.41) is 4.02. The molecule has 10 heteroatoms. The smallest absolute Gasteiger partial charge is 0.381 e. The molecule has 136 valence electrons. The van der Waals surface area contributed by atoms with Crippen molar-refractivity contribution in [2.24, 2.45) is 5.92 Å². The first kappa shape index (κ1) is 16.5.